The number of carbonyl (C=O) groups is 2. The summed E-state index contributed by atoms with van der Waals surface area (Å²) in [6, 6.07) is 14.2. The van der Waals surface area contributed by atoms with Gasteiger partial charge in [0.1, 0.15) is 6.33 Å². The Hall–Kier alpha value is -3.55. The molecule has 1 N–H and O–H groups in total. The molecule has 0 unspecified atom stereocenters. The summed E-state index contributed by atoms with van der Waals surface area (Å²) in [5, 5.41) is 13.7. The van der Waals surface area contributed by atoms with Crippen molar-refractivity contribution in [2.24, 2.45) is 0 Å². The topological polar surface area (TPSA) is 99.0 Å². The maximum absolute atomic E-state index is 12.4. The van der Waals surface area contributed by atoms with Gasteiger partial charge in [-0.25, -0.2) is 9.48 Å². The zero-order chi connectivity index (χ0) is 21.0. The standard InChI is InChI=1S/C21H23N5O3/c1-14(19(27)23-17-10-8-16(9-11-17)21(2,3)4)29-20(28)15-6-5-7-18(12-15)26-13-22-24-25-26/h5-14H,1-4H3,(H,23,27)/t14-/m0/s1. The van der Waals surface area contributed by atoms with E-state index in [9.17, 15) is 9.59 Å². The largest absolute Gasteiger partial charge is 0.449 e. The molecule has 1 aromatic heterocycles. The Morgan fingerprint density at radius 2 is 1.83 bits per heavy atom. The molecule has 3 aromatic rings. The second-order valence-electron chi connectivity index (χ2n) is 7.67. The Morgan fingerprint density at radius 3 is 2.45 bits per heavy atom. The molecule has 150 valence electrons. The maximum atomic E-state index is 12.4. The lowest BCUT2D eigenvalue weighted by molar-refractivity contribution is -0.123. The summed E-state index contributed by atoms with van der Waals surface area (Å²) in [7, 11) is 0. The normalized spacial score (nSPS) is 12.3. The number of carbonyl (C=O) groups excluding carboxylic acids is 2. The molecule has 1 atom stereocenters. The molecule has 0 spiro atoms. The summed E-state index contributed by atoms with van der Waals surface area (Å²) in [5.41, 5.74) is 2.75. The van der Waals surface area contributed by atoms with E-state index < -0.39 is 18.0 Å². The molecule has 0 saturated carbocycles. The van der Waals surface area contributed by atoms with Crippen molar-refractivity contribution in [1.82, 2.24) is 20.2 Å². The molecule has 1 heterocycles. The number of ether oxygens (including phenoxy) is 1. The van der Waals surface area contributed by atoms with Crippen LogP contribution in [0.5, 0.6) is 0 Å². The van der Waals surface area contributed by atoms with Gasteiger partial charge in [-0.2, -0.15) is 0 Å². The van der Waals surface area contributed by atoms with E-state index in [1.165, 1.54) is 17.9 Å². The number of tetrazole rings is 1. The third-order valence-electron chi connectivity index (χ3n) is 4.37. The van der Waals surface area contributed by atoms with Gasteiger partial charge in [-0.1, -0.05) is 39.0 Å². The highest BCUT2D eigenvalue weighted by Gasteiger charge is 2.20. The first-order valence-corrected chi connectivity index (χ1v) is 9.20. The molecule has 2 aromatic carbocycles. The predicted octanol–water partition coefficient (Wildman–Crippen LogP) is 3.14. The Bertz CT molecular complexity index is 992. The summed E-state index contributed by atoms with van der Waals surface area (Å²) in [6.45, 7) is 7.89. The number of benzene rings is 2. The molecule has 0 fully saturated rings. The smallest absolute Gasteiger partial charge is 0.338 e. The summed E-state index contributed by atoms with van der Waals surface area (Å²) in [4.78, 5) is 24.8. The highest BCUT2D eigenvalue weighted by Crippen LogP contribution is 2.23. The van der Waals surface area contributed by atoms with Crippen molar-refractivity contribution in [2.45, 2.75) is 39.2 Å². The van der Waals surface area contributed by atoms with E-state index in [1.54, 1.807) is 24.3 Å². The Morgan fingerprint density at radius 1 is 1.10 bits per heavy atom. The summed E-state index contributed by atoms with van der Waals surface area (Å²) >= 11 is 0. The number of hydrogen-bond acceptors (Lipinski definition) is 6. The molecular formula is C21H23N5O3. The lowest BCUT2D eigenvalue weighted by Crippen LogP contribution is -2.30. The molecule has 8 heteroatoms. The van der Waals surface area contributed by atoms with Gasteiger partial charge in [0.15, 0.2) is 6.10 Å². The quantitative estimate of drug-likeness (QED) is 0.669. The highest BCUT2D eigenvalue weighted by molar-refractivity contribution is 5.97. The van der Waals surface area contributed by atoms with E-state index in [0.29, 0.717) is 16.9 Å². The predicted molar refractivity (Wildman–Crippen MR) is 108 cm³/mol. The molecular weight excluding hydrogens is 370 g/mol. The van der Waals surface area contributed by atoms with E-state index in [0.717, 1.165) is 5.56 Å². The number of esters is 1. The number of nitrogens with one attached hydrogen (secondary N) is 1. The average molecular weight is 393 g/mol. The van der Waals surface area contributed by atoms with Crippen molar-refractivity contribution in [3.63, 3.8) is 0 Å². The summed E-state index contributed by atoms with van der Waals surface area (Å²) in [5.74, 6) is -1.01. The molecule has 8 nitrogen and oxygen atoms in total. The van der Waals surface area contributed by atoms with Crippen LogP contribution in [0.15, 0.2) is 54.9 Å². The van der Waals surface area contributed by atoms with Crippen molar-refractivity contribution < 1.29 is 14.3 Å². The van der Waals surface area contributed by atoms with Crippen molar-refractivity contribution >= 4 is 17.6 Å². The number of hydrogen-bond donors (Lipinski definition) is 1. The zero-order valence-electron chi connectivity index (χ0n) is 16.8. The van der Waals surface area contributed by atoms with E-state index in [1.807, 2.05) is 24.3 Å². The number of anilines is 1. The zero-order valence-corrected chi connectivity index (χ0v) is 16.8. The minimum atomic E-state index is -0.957. The first-order valence-electron chi connectivity index (χ1n) is 9.20. The van der Waals surface area contributed by atoms with Crippen molar-refractivity contribution in [3.8, 4) is 5.69 Å². The number of nitrogens with zero attached hydrogens (tertiary/aromatic N) is 4. The molecule has 0 aliphatic carbocycles. The first kappa shape index (κ1) is 20.2. The lowest BCUT2D eigenvalue weighted by atomic mass is 9.87. The monoisotopic (exact) mass is 393 g/mol. The van der Waals surface area contributed by atoms with Crippen LogP contribution < -0.4 is 5.32 Å². The van der Waals surface area contributed by atoms with Gasteiger partial charge < -0.3 is 10.1 Å². The minimum Gasteiger partial charge on any atom is -0.449 e. The van der Waals surface area contributed by atoms with Crippen molar-refractivity contribution in [1.29, 1.82) is 0 Å². The average Bonchev–Trinajstić information content (AvgIpc) is 3.22. The van der Waals surface area contributed by atoms with Crippen LogP contribution in [0.3, 0.4) is 0 Å². The van der Waals surface area contributed by atoms with Crippen LogP contribution >= 0.6 is 0 Å². The van der Waals surface area contributed by atoms with Crippen LogP contribution in [0.25, 0.3) is 5.69 Å². The lowest BCUT2D eigenvalue weighted by Gasteiger charge is -2.19. The third kappa shape index (κ3) is 5.04. The van der Waals surface area contributed by atoms with Crippen LogP contribution in [0.2, 0.25) is 0 Å². The van der Waals surface area contributed by atoms with Crippen LogP contribution in [0.4, 0.5) is 5.69 Å². The summed E-state index contributed by atoms with van der Waals surface area (Å²) < 4.78 is 6.73. The molecule has 0 saturated heterocycles. The van der Waals surface area contributed by atoms with Gasteiger partial charge in [-0.3, -0.25) is 4.79 Å². The molecule has 3 rings (SSSR count). The SMILES string of the molecule is C[C@H](OC(=O)c1cccc(-n2cnnn2)c1)C(=O)Nc1ccc(C(C)(C)C)cc1. The van der Waals surface area contributed by atoms with Gasteiger partial charge in [-0.05, 0) is 58.7 Å². The number of amides is 1. The maximum Gasteiger partial charge on any atom is 0.338 e. The second kappa shape index (κ2) is 8.22. The van der Waals surface area contributed by atoms with Gasteiger partial charge >= 0.3 is 5.97 Å². The van der Waals surface area contributed by atoms with E-state index >= 15 is 0 Å². The highest BCUT2D eigenvalue weighted by atomic mass is 16.5. The number of rotatable bonds is 5. The number of aromatic nitrogens is 4. The summed E-state index contributed by atoms with van der Waals surface area (Å²) in [6.07, 6.45) is 0.465. The molecule has 1 amide bonds. The van der Waals surface area contributed by atoms with E-state index in [4.69, 9.17) is 4.74 Å². The van der Waals surface area contributed by atoms with Gasteiger partial charge in [0, 0.05) is 5.69 Å². The van der Waals surface area contributed by atoms with E-state index in [2.05, 4.69) is 41.6 Å². The van der Waals surface area contributed by atoms with Crippen molar-refractivity contribution in [2.75, 3.05) is 5.32 Å². The Labute approximate surface area is 168 Å². The van der Waals surface area contributed by atoms with Crippen LogP contribution in [0, 0.1) is 0 Å². The molecule has 0 aliphatic heterocycles. The fourth-order valence-corrected chi connectivity index (χ4v) is 2.63. The molecule has 0 bridgehead atoms. The van der Waals surface area contributed by atoms with Crippen LogP contribution in [-0.4, -0.2) is 38.2 Å². The van der Waals surface area contributed by atoms with Gasteiger partial charge in [0.2, 0.25) is 0 Å². The third-order valence-corrected chi connectivity index (χ3v) is 4.37. The van der Waals surface area contributed by atoms with E-state index in [-0.39, 0.29) is 5.41 Å². The van der Waals surface area contributed by atoms with Crippen LogP contribution in [0.1, 0.15) is 43.6 Å². The molecule has 0 radical (unpaired) electrons. The minimum absolute atomic E-state index is 0.0300. The Balaban J connectivity index is 1.62. The second-order valence-corrected chi connectivity index (χ2v) is 7.67. The molecule has 29 heavy (non-hydrogen) atoms. The van der Waals surface area contributed by atoms with Crippen molar-refractivity contribution in [3.05, 3.63) is 66.0 Å². The van der Waals surface area contributed by atoms with Gasteiger partial charge in [0.25, 0.3) is 5.91 Å². The molecule has 0 aliphatic rings. The van der Waals surface area contributed by atoms with Crippen LogP contribution in [-0.2, 0) is 14.9 Å². The van der Waals surface area contributed by atoms with Gasteiger partial charge in [0.05, 0.1) is 11.3 Å². The fourth-order valence-electron chi connectivity index (χ4n) is 2.63. The Kier molecular flexibility index (Phi) is 5.72. The first-order chi connectivity index (χ1) is 13.7. The van der Waals surface area contributed by atoms with Gasteiger partial charge in [-0.15, -0.1) is 5.10 Å². The fraction of sp³-hybridized carbons (Fsp3) is 0.286.